The van der Waals surface area contributed by atoms with Gasteiger partial charge in [0.1, 0.15) is 0 Å². The number of nitrogens with zero attached hydrogens (tertiary/aromatic N) is 1. The minimum atomic E-state index is 0.357. The van der Waals surface area contributed by atoms with Gasteiger partial charge in [0.05, 0.1) is 0 Å². The van der Waals surface area contributed by atoms with E-state index in [4.69, 9.17) is 5.11 Å². The Bertz CT molecular complexity index is 285. The average molecular weight is 235 g/mol. The first-order valence-electron chi connectivity index (χ1n) is 7.40. The van der Waals surface area contributed by atoms with E-state index in [2.05, 4.69) is 17.1 Å². The van der Waals surface area contributed by atoms with Crippen molar-refractivity contribution in [1.29, 1.82) is 0 Å². The maximum atomic E-state index is 8.88. The zero-order valence-corrected chi connectivity index (χ0v) is 10.7. The van der Waals surface area contributed by atoms with Gasteiger partial charge in [0.15, 0.2) is 0 Å². The van der Waals surface area contributed by atoms with E-state index in [0.717, 1.165) is 30.2 Å². The Labute approximate surface area is 105 Å². The minimum absolute atomic E-state index is 0.357. The van der Waals surface area contributed by atoms with Crippen molar-refractivity contribution in [1.82, 2.24) is 4.90 Å². The molecule has 0 spiro atoms. The summed E-state index contributed by atoms with van der Waals surface area (Å²) in [4.78, 5) is 2.72. The molecule has 3 atom stereocenters. The highest BCUT2D eigenvalue weighted by Gasteiger charge is 2.38. The second-order valence-electron chi connectivity index (χ2n) is 6.20. The first-order valence-corrected chi connectivity index (χ1v) is 7.40. The standard InChI is InChI=1S/C15H25NO/c17-8-2-1-7-16(15-5-6-15)11-14-10-12-3-4-13(14)9-12/h3-4,12-15,17H,1-2,5-11H2. The molecule has 17 heavy (non-hydrogen) atoms. The highest BCUT2D eigenvalue weighted by Crippen LogP contribution is 2.44. The molecule has 0 aromatic rings. The van der Waals surface area contributed by atoms with Gasteiger partial charge in [-0.3, -0.25) is 0 Å². The molecule has 2 nitrogen and oxygen atoms in total. The third kappa shape index (κ3) is 2.74. The summed E-state index contributed by atoms with van der Waals surface area (Å²) in [6, 6.07) is 0.886. The second kappa shape index (κ2) is 5.11. The zero-order chi connectivity index (χ0) is 11.7. The number of unbranched alkanes of at least 4 members (excludes halogenated alkanes) is 1. The van der Waals surface area contributed by atoms with Gasteiger partial charge in [-0.2, -0.15) is 0 Å². The van der Waals surface area contributed by atoms with E-state index in [9.17, 15) is 0 Å². The van der Waals surface area contributed by atoms with Crippen molar-refractivity contribution in [3.05, 3.63) is 12.2 Å². The van der Waals surface area contributed by atoms with Crippen LogP contribution in [0.3, 0.4) is 0 Å². The van der Waals surface area contributed by atoms with Gasteiger partial charge in [0.25, 0.3) is 0 Å². The Morgan fingerprint density at radius 2 is 2.00 bits per heavy atom. The van der Waals surface area contributed by atoms with Crippen LogP contribution in [0.5, 0.6) is 0 Å². The molecule has 0 heterocycles. The topological polar surface area (TPSA) is 23.5 Å². The molecule has 2 bridgehead atoms. The summed E-state index contributed by atoms with van der Waals surface area (Å²) in [6.07, 6.45) is 12.7. The van der Waals surface area contributed by atoms with Crippen molar-refractivity contribution in [2.45, 2.75) is 44.6 Å². The first-order chi connectivity index (χ1) is 8.36. The van der Waals surface area contributed by atoms with Crippen LogP contribution in [0.25, 0.3) is 0 Å². The van der Waals surface area contributed by atoms with Crippen LogP contribution in [0.1, 0.15) is 38.5 Å². The lowest BCUT2D eigenvalue weighted by atomic mass is 9.93. The largest absolute Gasteiger partial charge is 0.396 e. The van der Waals surface area contributed by atoms with E-state index in [-0.39, 0.29) is 0 Å². The molecule has 0 amide bonds. The molecule has 0 aromatic heterocycles. The lowest BCUT2D eigenvalue weighted by Gasteiger charge is -2.28. The van der Waals surface area contributed by atoms with Crippen LogP contribution in [-0.2, 0) is 0 Å². The molecule has 0 aromatic carbocycles. The number of fused-ring (bicyclic) bond motifs is 2. The number of rotatable bonds is 7. The van der Waals surface area contributed by atoms with Gasteiger partial charge in [0, 0.05) is 19.2 Å². The summed E-state index contributed by atoms with van der Waals surface area (Å²) >= 11 is 0. The van der Waals surface area contributed by atoms with Crippen LogP contribution in [0.15, 0.2) is 12.2 Å². The van der Waals surface area contributed by atoms with Crippen LogP contribution in [0.4, 0.5) is 0 Å². The molecule has 96 valence electrons. The monoisotopic (exact) mass is 235 g/mol. The first kappa shape index (κ1) is 11.7. The van der Waals surface area contributed by atoms with Gasteiger partial charge in [0.2, 0.25) is 0 Å². The van der Waals surface area contributed by atoms with Gasteiger partial charge in [-0.25, -0.2) is 0 Å². The third-order valence-electron chi connectivity index (χ3n) is 4.80. The fraction of sp³-hybridized carbons (Fsp3) is 0.867. The highest BCUT2D eigenvalue weighted by atomic mass is 16.2. The Morgan fingerprint density at radius 3 is 2.59 bits per heavy atom. The Balaban J connectivity index is 1.48. The van der Waals surface area contributed by atoms with Crippen LogP contribution < -0.4 is 0 Å². The quantitative estimate of drug-likeness (QED) is 0.541. The van der Waals surface area contributed by atoms with Gasteiger partial charge >= 0.3 is 0 Å². The van der Waals surface area contributed by atoms with Crippen LogP contribution in [-0.4, -0.2) is 35.7 Å². The van der Waals surface area contributed by atoms with Crippen molar-refractivity contribution in [2.24, 2.45) is 17.8 Å². The summed E-state index contributed by atoms with van der Waals surface area (Å²) in [5.74, 6) is 2.72. The van der Waals surface area contributed by atoms with Crippen molar-refractivity contribution < 1.29 is 5.11 Å². The fourth-order valence-electron chi connectivity index (χ4n) is 3.70. The van der Waals surface area contributed by atoms with E-state index in [1.54, 1.807) is 0 Å². The SMILES string of the molecule is OCCCCN(CC1CC2C=CC1C2)C1CC1. The zero-order valence-electron chi connectivity index (χ0n) is 10.7. The van der Waals surface area contributed by atoms with E-state index in [1.165, 1.54) is 45.2 Å². The molecule has 2 heteroatoms. The lowest BCUT2D eigenvalue weighted by Crippen LogP contribution is -2.34. The molecule has 3 aliphatic carbocycles. The number of allylic oxidation sites excluding steroid dienone is 2. The van der Waals surface area contributed by atoms with Crippen LogP contribution >= 0.6 is 0 Å². The van der Waals surface area contributed by atoms with E-state index in [0.29, 0.717) is 6.61 Å². The van der Waals surface area contributed by atoms with Crippen molar-refractivity contribution in [2.75, 3.05) is 19.7 Å². The predicted molar refractivity (Wildman–Crippen MR) is 69.8 cm³/mol. The lowest BCUT2D eigenvalue weighted by molar-refractivity contribution is 0.194. The number of hydrogen-bond donors (Lipinski definition) is 1. The number of aliphatic hydroxyl groups excluding tert-OH is 1. The summed E-state index contributed by atoms with van der Waals surface area (Å²) in [5.41, 5.74) is 0. The minimum Gasteiger partial charge on any atom is -0.396 e. The molecule has 3 rings (SSSR count). The van der Waals surface area contributed by atoms with E-state index in [1.807, 2.05) is 0 Å². The summed E-state index contributed by atoms with van der Waals surface area (Å²) in [7, 11) is 0. The Hall–Kier alpha value is -0.340. The number of hydrogen-bond acceptors (Lipinski definition) is 2. The van der Waals surface area contributed by atoms with Crippen molar-refractivity contribution >= 4 is 0 Å². The number of aliphatic hydroxyl groups is 1. The molecule has 0 saturated heterocycles. The third-order valence-corrected chi connectivity index (χ3v) is 4.80. The molecule has 2 fully saturated rings. The second-order valence-corrected chi connectivity index (χ2v) is 6.20. The normalized spacial score (nSPS) is 35.1. The molecule has 0 aliphatic heterocycles. The smallest absolute Gasteiger partial charge is 0.0431 e. The van der Waals surface area contributed by atoms with Gasteiger partial charge in [-0.05, 0) is 62.8 Å². The Morgan fingerprint density at radius 1 is 1.12 bits per heavy atom. The molecule has 2 saturated carbocycles. The van der Waals surface area contributed by atoms with Crippen LogP contribution in [0, 0.1) is 17.8 Å². The van der Waals surface area contributed by atoms with Crippen molar-refractivity contribution in [3.63, 3.8) is 0 Å². The van der Waals surface area contributed by atoms with Gasteiger partial charge in [-0.1, -0.05) is 12.2 Å². The summed E-state index contributed by atoms with van der Waals surface area (Å²) in [6.45, 7) is 2.89. The molecule has 0 radical (unpaired) electrons. The van der Waals surface area contributed by atoms with Crippen LogP contribution in [0.2, 0.25) is 0 Å². The molecule has 3 aliphatic rings. The molecule has 3 unspecified atom stereocenters. The van der Waals surface area contributed by atoms with E-state index >= 15 is 0 Å². The predicted octanol–water partition coefficient (Wildman–Crippen LogP) is 2.44. The maximum Gasteiger partial charge on any atom is 0.0431 e. The molecular weight excluding hydrogens is 210 g/mol. The average Bonchev–Trinajstić information content (AvgIpc) is 2.98. The van der Waals surface area contributed by atoms with Gasteiger partial charge in [-0.15, -0.1) is 0 Å². The van der Waals surface area contributed by atoms with Gasteiger partial charge < -0.3 is 10.0 Å². The maximum absolute atomic E-state index is 8.88. The molecular formula is C15H25NO. The van der Waals surface area contributed by atoms with E-state index < -0.39 is 0 Å². The van der Waals surface area contributed by atoms with Crippen molar-refractivity contribution in [3.8, 4) is 0 Å². The molecule has 1 N–H and O–H groups in total. The Kier molecular flexibility index (Phi) is 3.53. The summed E-state index contributed by atoms with van der Waals surface area (Å²) < 4.78 is 0. The summed E-state index contributed by atoms with van der Waals surface area (Å²) in [5, 5.41) is 8.88. The fourth-order valence-corrected chi connectivity index (χ4v) is 3.70. The highest BCUT2D eigenvalue weighted by molar-refractivity contribution is 5.10.